The average Bonchev–Trinajstić information content (AvgIpc) is 2.51. The van der Waals surface area contributed by atoms with Gasteiger partial charge >= 0.3 is 0 Å². The first-order valence-corrected chi connectivity index (χ1v) is 5.39. The molecule has 0 aliphatic heterocycles. The maximum atomic E-state index is 9.32. The molecule has 1 rings (SSSR count). The number of hydrogen-bond donors (Lipinski definition) is 3. The van der Waals surface area contributed by atoms with Gasteiger partial charge in [0.15, 0.2) is 0 Å². The predicted molar refractivity (Wildman–Crippen MR) is 54.5 cm³/mol. The van der Waals surface area contributed by atoms with Crippen LogP contribution in [-0.2, 0) is 0 Å². The minimum atomic E-state index is -0.137. The summed E-state index contributed by atoms with van der Waals surface area (Å²) in [6.45, 7) is 2.93. The van der Waals surface area contributed by atoms with Crippen LogP contribution in [0.4, 0.5) is 0 Å². The molecule has 0 aromatic rings. The Morgan fingerprint density at radius 2 is 2.31 bits per heavy atom. The molecule has 1 fully saturated rings. The van der Waals surface area contributed by atoms with Crippen LogP contribution in [0.3, 0.4) is 0 Å². The lowest BCUT2D eigenvalue weighted by atomic mass is 10.2. The number of aliphatic hydroxyl groups is 1. The molecule has 0 spiro atoms. The third-order valence-electron chi connectivity index (χ3n) is 2.86. The van der Waals surface area contributed by atoms with Crippen LogP contribution in [0, 0.1) is 0 Å². The van der Waals surface area contributed by atoms with E-state index in [1.165, 1.54) is 6.42 Å². The van der Waals surface area contributed by atoms with Crippen LogP contribution in [0.2, 0.25) is 0 Å². The Kier molecular flexibility index (Phi) is 4.70. The van der Waals surface area contributed by atoms with Gasteiger partial charge in [-0.3, -0.25) is 0 Å². The van der Waals surface area contributed by atoms with Gasteiger partial charge in [-0.1, -0.05) is 6.92 Å². The SMILES string of the molecule is CCC(O)CCNC1CCC(N)C1. The molecule has 0 aromatic heterocycles. The Morgan fingerprint density at radius 3 is 2.85 bits per heavy atom. The number of rotatable bonds is 5. The maximum absolute atomic E-state index is 9.32. The first kappa shape index (κ1) is 11.0. The van der Waals surface area contributed by atoms with Gasteiger partial charge in [0, 0.05) is 12.1 Å². The van der Waals surface area contributed by atoms with E-state index in [1.807, 2.05) is 6.92 Å². The molecule has 1 aliphatic carbocycles. The normalized spacial score (nSPS) is 30.7. The molecule has 0 saturated heterocycles. The number of nitrogens with two attached hydrogens (primary N) is 1. The lowest BCUT2D eigenvalue weighted by Crippen LogP contribution is -2.30. The lowest BCUT2D eigenvalue weighted by Gasteiger charge is -2.13. The van der Waals surface area contributed by atoms with E-state index in [1.54, 1.807) is 0 Å². The Balaban J connectivity index is 2.00. The lowest BCUT2D eigenvalue weighted by molar-refractivity contribution is 0.158. The van der Waals surface area contributed by atoms with Gasteiger partial charge in [-0.05, 0) is 38.6 Å². The number of hydrogen-bond acceptors (Lipinski definition) is 3. The first-order valence-electron chi connectivity index (χ1n) is 5.39. The zero-order valence-electron chi connectivity index (χ0n) is 8.50. The topological polar surface area (TPSA) is 58.3 Å². The van der Waals surface area contributed by atoms with Crippen molar-refractivity contribution in [3.8, 4) is 0 Å². The second-order valence-electron chi connectivity index (χ2n) is 4.07. The van der Waals surface area contributed by atoms with Crippen LogP contribution >= 0.6 is 0 Å². The molecule has 0 radical (unpaired) electrons. The van der Waals surface area contributed by atoms with E-state index < -0.39 is 0 Å². The molecule has 3 unspecified atom stereocenters. The van der Waals surface area contributed by atoms with Gasteiger partial charge in [0.25, 0.3) is 0 Å². The fourth-order valence-electron chi connectivity index (χ4n) is 1.86. The quantitative estimate of drug-likeness (QED) is 0.590. The summed E-state index contributed by atoms with van der Waals surface area (Å²) in [6.07, 6.45) is 5.02. The highest BCUT2D eigenvalue weighted by molar-refractivity contribution is 4.82. The zero-order valence-corrected chi connectivity index (χ0v) is 8.50. The highest BCUT2D eigenvalue weighted by Gasteiger charge is 2.20. The van der Waals surface area contributed by atoms with E-state index in [0.717, 1.165) is 32.2 Å². The summed E-state index contributed by atoms with van der Waals surface area (Å²) in [5.74, 6) is 0. The summed E-state index contributed by atoms with van der Waals surface area (Å²) in [5.41, 5.74) is 5.79. The highest BCUT2D eigenvalue weighted by atomic mass is 16.3. The predicted octanol–water partition coefficient (Wildman–Crippen LogP) is 0.617. The maximum Gasteiger partial charge on any atom is 0.0549 e. The molecule has 0 heterocycles. The molecule has 0 amide bonds. The summed E-state index contributed by atoms with van der Waals surface area (Å²) in [4.78, 5) is 0. The van der Waals surface area contributed by atoms with E-state index in [0.29, 0.717) is 12.1 Å². The molecule has 78 valence electrons. The fraction of sp³-hybridized carbons (Fsp3) is 1.00. The van der Waals surface area contributed by atoms with Crippen molar-refractivity contribution < 1.29 is 5.11 Å². The molecular formula is C10H22N2O. The van der Waals surface area contributed by atoms with Gasteiger partial charge in [-0.15, -0.1) is 0 Å². The number of aliphatic hydroxyl groups excluding tert-OH is 1. The van der Waals surface area contributed by atoms with E-state index in [4.69, 9.17) is 5.73 Å². The molecule has 0 bridgehead atoms. The second kappa shape index (κ2) is 5.58. The van der Waals surface area contributed by atoms with Gasteiger partial charge in [-0.2, -0.15) is 0 Å². The van der Waals surface area contributed by atoms with Crippen LogP contribution < -0.4 is 11.1 Å². The Morgan fingerprint density at radius 1 is 1.54 bits per heavy atom. The molecule has 3 nitrogen and oxygen atoms in total. The van der Waals surface area contributed by atoms with Gasteiger partial charge in [0.2, 0.25) is 0 Å². The van der Waals surface area contributed by atoms with Crippen molar-refractivity contribution in [3.63, 3.8) is 0 Å². The third-order valence-corrected chi connectivity index (χ3v) is 2.86. The second-order valence-corrected chi connectivity index (χ2v) is 4.07. The van der Waals surface area contributed by atoms with Crippen molar-refractivity contribution in [2.75, 3.05) is 6.54 Å². The molecule has 13 heavy (non-hydrogen) atoms. The molecule has 1 saturated carbocycles. The minimum Gasteiger partial charge on any atom is -0.393 e. The zero-order chi connectivity index (χ0) is 9.68. The largest absolute Gasteiger partial charge is 0.393 e. The van der Waals surface area contributed by atoms with Crippen molar-refractivity contribution in [1.29, 1.82) is 0 Å². The molecule has 1 aliphatic rings. The van der Waals surface area contributed by atoms with Crippen molar-refractivity contribution in [2.24, 2.45) is 5.73 Å². The van der Waals surface area contributed by atoms with Gasteiger partial charge < -0.3 is 16.2 Å². The Bertz CT molecular complexity index is 141. The number of nitrogens with one attached hydrogen (secondary N) is 1. The monoisotopic (exact) mass is 186 g/mol. The molecule has 3 heteroatoms. The van der Waals surface area contributed by atoms with Crippen LogP contribution in [0.1, 0.15) is 39.0 Å². The van der Waals surface area contributed by atoms with Gasteiger partial charge in [-0.25, -0.2) is 0 Å². The standard InChI is InChI=1S/C10H22N2O/c1-2-10(13)5-6-12-9-4-3-8(11)7-9/h8-10,12-13H,2-7,11H2,1H3. The fourth-order valence-corrected chi connectivity index (χ4v) is 1.86. The van der Waals surface area contributed by atoms with Crippen molar-refractivity contribution in [2.45, 2.75) is 57.2 Å². The Labute approximate surface area is 80.7 Å². The van der Waals surface area contributed by atoms with Crippen molar-refractivity contribution >= 4 is 0 Å². The van der Waals surface area contributed by atoms with Gasteiger partial charge in [0.1, 0.15) is 0 Å². The first-order chi connectivity index (χ1) is 6.22. The van der Waals surface area contributed by atoms with E-state index >= 15 is 0 Å². The Hall–Kier alpha value is -0.120. The third kappa shape index (κ3) is 4.07. The minimum absolute atomic E-state index is 0.137. The smallest absolute Gasteiger partial charge is 0.0549 e. The van der Waals surface area contributed by atoms with Crippen LogP contribution in [0.15, 0.2) is 0 Å². The van der Waals surface area contributed by atoms with Crippen LogP contribution in [-0.4, -0.2) is 29.8 Å². The van der Waals surface area contributed by atoms with E-state index in [9.17, 15) is 5.11 Å². The summed E-state index contributed by atoms with van der Waals surface area (Å²) >= 11 is 0. The summed E-state index contributed by atoms with van der Waals surface area (Å²) in [7, 11) is 0. The molecule has 3 atom stereocenters. The molecule has 0 aromatic carbocycles. The van der Waals surface area contributed by atoms with Crippen LogP contribution in [0.25, 0.3) is 0 Å². The summed E-state index contributed by atoms with van der Waals surface area (Å²) in [5, 5.41) is 12.8. The van der Waals surface area contributed by atoms with Crippen molar-refractivity contribution in [1.82, 2.24) is 5.32 Å². The molecular weight excluding hydrogens is 164 g/mol. The van der Waals surface area contributed by atoms with E-state index in [2.05, 4.69) is 5.32 Å². The highest BCUT2D eigenvalue weighted by Crippen LogP contribution is 2.16. The van der Waals surface area contributed by atoms with Crippen LogP contribution in [0.5, 0.6) is 0 Å². The van der Waals surface area contributed by atoms with Crippen molar-refractivity contribution in [3.05, 3.63) is 0 Å². The van der Waals surface area contributed by atoms with Gasteiger partial charge in [0.05, 0.1) is 6.10 Å². The average molecular weight is 186 g/mol. The molecule has 4 N–H and O–H groups in total. The summed E-state index contributed by atoms with van der Waals surface area (Å²) < 4.78 is 0. The summed E-state index contributed by atoms with van der Waals surface area (Å²) in [6, 6.07) is 0.993. The van der Waals surface area contributed by atoms with E-state index in [-0.39, 0.29) is 6.10 Å².